The lowest BCUT2D eigenvalue weighted by molar-refractivity contribution is -0.117. The zero-order valence-electron chi connectivity index (χ0n) is 13.8. The van der Waals surface area contributed by atoms with E-state index in [-0.39, 0.29) is 24.3 Å². The van der Waals surface area contributed by atoms with Crippen LogP contribution in [0.1, 0.15) is 43.9 Å². The number of nitrogens with two attached hydrogens (primary N) is 1. The van der Waals surface area contributed by atoms with Crippen LogP contribution in [-0.2, 0) is 20.2 Å². The van der Waals surface area contributed by atoms with Crippen molar-refractivity contribution in [1.82, 2.24) is 0 Å². The van der Waals surface area contributed by atoms with E-state index in [4.69, 9.17) is 5.14 Å². The van der Waals surface area contributed by atoms with Crippen LogP contribution in [0.25, 0.3) is 0 Å². The van der Waals surface area contributed by atoms with Crippen LogP contribution < -0.4 is 10.0 Å². The number of hydrogen-bond donors (Lipinski definition) is 1. The van der Waals surface area contributed by atoms with E-state index >= 15 is 0 Å². The number of anilines is 1. The van der Waals surface area contributed by atoms with Crippen molar-refractivity contribution < 1.29 is 13.2 Å². The molecule has 1 fully saturated rings. The summed E-state index contributed by atoms with van der Waals surface area (Å²) in [5, 5.41) is 4.38. The monoisotopic (exact) mass is 324 g/mol. The molecule has 22 heavy (non-hydrogen) atoms. The van der Waals surface area contributed by atoms with Crippen LogP contribution in [-0.4, -0.2) is 26.1 Å². The fraction of sp³-hybridized carbons (Fsp3) is 0.562. The molecule has 122 valence electrons. The summed E-state index contributed by atoms with van der Waals surface area (Å²) in [6.07, 6.45) is -0.0429. The van der Waals surface area contributed by atoms with E-state index in [0.29, 0.717) is 0 Å². The minimum absolute atomic E-state index is 0.0200. The van der Waals surface area contributed by atoms with E-state index in [9.17, 15) is 13.2 Å². The number of nitrogens with zero attached hydrogens (tertiary/aromatic N) is 1. The first-order valence-electron chi connectivity index (χ1n) is 7.35. The first kappa shape index (κ1) is 17.0. The summed E-state index contributed by atoms with van der Waals surface area (Å²) in [6.45, 7) is 10.5. The molecule has 2 N–H and O–H groups in total. The summed E-state index contributed by atoms with van der Waals surface area (Å²) in [5.41, 5.74) is 3.98. The zero-order chi connectivity index (χ0) is 16.9. The molecular formula is C16H24N2O3S. The number of carbonyl (C=O) groups is 1. The summed E-state index contributed by atoms with van der Waals surface area (Å²) in [5.74, 6) is -0.186. The smallest absolute Gasteiger partial charge is 0.228 e. The highest BCUT2D eigenvalue weighted by molar-refractivity contribution is 7.89. The Morgan fingerprint density at radius 3 is 2.05 bits per heavy atom. The summed E-state index contributed by atoms with van der Waals surface area (Å²) < 4.78 is 23.0. The van der Waals surface area contributed by atoms with Crippen molar-refractivity contribution >= 4 is 21.6 Å². The third-order valence-corrected chi connectivity index (χ3v) is 5.43. The van der Waals surface area contributed by atoms with Crippen molar-refractivity contribution in [1.29, 1.82) is 0 Å². The van der Waals surface area contributed by atoms with Gasteiger partial charge in [-0.3, -0.25) is 4.79 Å². The molecule has 1 amide bonds. The van der Waals surface area contributed by atoms with Crippen molar-refractivity contribution in [3.8, 4) is 0 Å². The minimum atomic E-state index is -3.70. The van der Waals surface area contributed by atoms with E-state index < -0.39 is 15.3 Å². The maximum Gasteiger partial charge on any atom is 0.228 e. The Labute approximate surface area is 132 Å². The van der Waals surface area contributed by atoms with E-state index in [0.717, 1.165) is 16.8 Å². The zero-order valence-corrected chi connectivity index (χ0v) is 14.6. The van der Waals surface area contributed by atoms with Gasteiger partial charge in [0, 0.05) is 18.7 Å². The molecule has 0 aliphatic carbocycles. The molecule has 0 radical (unpaired) electrons. The molecule has 0 aromatic heterocycles. The molecule has 1 aromatic carbocycles. The standard InChI is InChI=1S/C16H24N2O3S/c1-10-6-12(16(3,4)5)7-11(2)15(10)18-9-13(8-14(18)19)22(17,20)21/h6-7,13H,8-9H2,1-5H3,(H2,17,20,21). The molecule has 1 unspecified atom stereocenters. The van der Waals surface area contributed by atoms with E-state index in [1.54, 1.807) is 4.90 Å². The Bertz CT molecular complexity index is 694. The summed E-state index contributed by atoms with van der Waals surface area (Å²) in [6, 6.07) is 4.14. The molecule has 2 rings (SSSR count). The van der Waals surface area contributed by atoms with Gasteiger partial charge in [0.25, 0.3) is 0 Å². The second-order valence-corrected chi connectivity index (χ2v) is 8.97. The molecule has 1 aliphatic heterocycles. The summed E-state index contributed by atoms with van der Waals surface area (Å²) in [4.78, 5) is 13.8. The highest BCUT2D eigenvalue weighted by atomic mass is 32.2. The molecule has 5 nitrogen and oxygen atoms in total. The number of sulfonamides is 1. The second-order valence-electron chi connectivity index (χ2n) is 7.13. The highest BCUT2D eigenvalue weighted by Gasteiger charge is 2.38. The fourth-order valence-electron chi connectivity index (χ4n) is 2.93. The van der Waals surface area contributed by atoms with Crippen molar-refractivity contribution in [3.05, 3.63) is 28.8 Å². The van der Waals surface area contributed by atoms with Crippen LogP contribution in [0.2, 0.25) is 0 Å². The normalized spacial score (nSPS) is 19.8. The topological polar surface area (TPSA) is 80.5 Å². The number of primary sulfonamides is 1. The fourth-order valence-corrected chi connectivity index (χ4v) is 3.66. The third kappa shape index (κ3) is 3.17. The van der Waals surface area contributed by atoms with Crippen LogP contribution in [0, 0.1) is 13.8 Å². The van der Waals surface area contributed by atoms with E-state index in [1.165, 1.54) is 5.56 Å². The van der Waals surface area contributed by atoms with Gasteiger partial charge in [0.15, 0.2) is 0 Å². The lowest BCUT2D eigenvalue weighted by Crippen LogP contribution is -2.32. The first-order chi connectivity index (χ1) is 9.91. The second kappa shape index (κ2) is 5.35. The van der Waals surface area contributed by atoms with Crippen molar-refractivity contribution in [3.63, 3.8) is 0 Å². The lowest BCUT2D eigenvalue weighted by Gasteiger charge is -2.26. The Hall–Kier alpha value is -1.40. The van der Waals surface area contributed by atoms with Gasteiger partial charge in [0.2, 0.25) is 15.9 Å². The predicted octanol–water partition coefficient (Wildman–Crippen LogP) is 1.99. The van der Waals surface area contributed by atoms with Crippen molar-refractivity contribution in [2.75, 3.05) is 11.4 Å². The molecule has 1 atom stereocenters. The Balaban J connectivity index is 2.44. The Morgan fingerprint density at radius 1 is 1.18 bits per heavy atom. The summed E-state index contributed by atoms with van der Waals surface area (Å²) in [7, 11) is -3.70. The molecule has 6 heteroatoms. The third-order valence-electron chi connectivity index (χ3n) is 4.18. The average Bonchev–Trinajstić information content (AvgIpc) is 2.69. The highest BCUT2D eigenvalue weighted by Crippen LogP contribution is 2.34. The van der Waals surface area contributed by atoms with Crippen LogP contribution in [0.15, 0.2) is 12.1 Å². The molecule has 1 saturated heterocycles. The Morgan fingerprint density at radius 2 is 1.68 bits per heavy atom. The number of rotatable bonds is 2. The van der Waals surface area contributed by atoms with Gasteiger partial charge in [-0.1, -0.05) is 32.9 Å². The molecule has 0 spiro atoms. The van der Waals surface area contributed by atoms with Crippen LogP contribution in [0.4, 0.5) is 5.69 Å². The van der Waals surface area contributed by atoms with Gasteiger partial charge in [-0.25, -0.2) is 13.6 Å². The Kier molecular flexibility index (Phi) is 4.13. The van der Waals surface area contributed by atoms with Gasteiger partial charge in [0.1, 0.15) is 5.25 Å². The molecule has 1 heterocycles. The minimum Gasteiger partial charge on any atom is -0.310 e. The van der Waals surface area contributed by atoms with E-state index in [2.05, 4.69) is 32.9 Å². The van der Waals surface area contributed by atoms with Gasteiger partial charge < -0.3 is 4.90 Å². The molecule has 1 aromatic rings. The van der Waals surface area contributed by atoms with Crippen molar-refractivity contribution in [2.24, 2.45) is 5.14 Å². The SMILES string of the molecule is Cc1cc(C(C)(C)C)cc(C)c1N1CC(S(N)(=O)=O)CC1=O. The average molecular weight is 324 g/mol. The number of benzene rings is 1. The van der Waals surface area contributed by atoms with Gasteiger partial charge in [-0.2, -0.15) is 0 Å². The summed E-state index contributed by atoms with van der Waals surface area (Å²) >= 11 is 0. The van der Waals surface area contributed by atoms with Gasteiger partial charge >= 0.3 is 0 Å². The maximum absolute atomic E-state index is 12.2. The van der Waals surface area contributed by atoms with E-state index in [1.807, 2.05) is 13.8 Å². The van der Waals surface area contributed by atoms with Gasteiger partial charge in [-0.15, -0.1) is 0 Å². The number of carbonyl (C=O) groups excluding carboxylic acids is 1. The van der Waals surface area contributed by atoms with Gasteiger partial charge in [-0.05, 0) is 36.0 Å². The predicted molar refractivity (Wildman–Crippen MR) is 88.5 cm³/mol. The molecule has 0 bridgehead atoms. The quantitative estimate of drug-likeness (QED) is 0.903. The van der Waals surface area contributed by atoms with Gasteiger partial charge in [0.05, 0.1) is 0 Å². The number of amides is 1. The van der Waals surface area contributed by atoms with Crippen LogP contribution in [0.3, 0.4) is 0 Å². The molecular weight excluding hydrogens is 300 g/mol. The number of hydrogen-bond acceptors (Lipinski definition) is 3. The molecule has 1 aliphatic rings. The lowest BCUT2D eigenvalue weighted by atomic mass is 9.84. The first-order valence-corrected chi connectivity index (χ1v) is 8.96. The maximum atomic E-state index is 12.2. The number of aryl methyl sites for hydroxylation is 2. The largest absolute Gasteiger partial charge is 0.310 e. The van der Waals surface area contributed by atoms with Crippen LogP contribution in [0.5, 0.6) is 0 Å². The molecule has 0 saturated carbocycles. The van der Waals surface area contributed by atoms with Crippen LogP contribution >= 0.6 is 0 Å². The van der Waals surface area contributed by atoms with Crippen molar-refractivity contribution in [2.45, 2.75) is 51.7 Å².